The minimum Gasteiger partial charge on any atom is -0.497 e. The SMILES string of the molecule is C=CC(=O)Nc1cc(Nc2cc(N3OCC[C@@H]3c3cccc(OC)c3)ncn2)c(OC)cc1N1CCC(N2CCN(C3CC3)CC2)CC1. The fraction of sp³-hybridized carbons (Fsp3) is 0.472. The summed E-state index contributed by atoms with van der Waals surface area (Å²) in [5.74, 6) is 2.37. The number of carbonyl (C=O) groups excluding carboxylic acids is 1. The number of nitrogens with one attached hydrogen (secondary N) is 2. The van der Waals surface area contributed by atoms with Crippen molar-refractivity contribution in [2.24, 2.45) is 0 Å². The third-order valence-corrected chi connectivity index (χ3v) is 10.0. The topological polar surface area (TPSA) is 108 Å². The van der Waals surface area contributed by atoms with E-state index in [1.807, 2.05) is 41.5 Å². The molecule has 0 bridgehead atoms. The highest BCUT2D eigenvalue weighted by atomic mass is 16.7. The van der Waals surface area contributed by atoms with Gasteiger partial charge in [0.05, 0.1) is 43.9 Å². The molecular weight excluding hydrogens is 608 g/mol. The van der Waals surface area contributed by atoms with Crippen LogP contribution in [0.1, 0.15) is 43.7 Å². The highest BCUT2D eigenvalue weighted by Crippen LogP contribution is 2.41. The molecular formula is C36H46N8O4. The number of ether oxygens (including phenoxy) is 2. The Morgan fingerprint density at radius 1 is 0.896 bits per heavy atom. The third-order valence-electron chi connectivity index (χ3n) is 10.0. The van der Waals surface area contributed by atoms with Crippen molar-refractivity contribution < 1.29 is 19.1 Å². The number of amides is 1. The van der Waals surface area contributed by atoms with Gasteiger partial charge in [-0.25, -0.2) is 15.0 Å². The maximum atomic E-state index is 12.6. The summed E-state index contributed by atoms with van der Waals surface area (Å²) in [5.41, 5.74) is 3.37. The number of piperazine rings is 1. The lowest BCUT2D eigenvalue weighted by Crippen LogP contribution is -2.53. The number of piperidine rings is 1. The fourth-order valence-corrected chi connectivity index (χ4v) is 7.28. The number of anilines is 5. The van der Waals surface area contributed by atoms with E-state index < -0.39 is 0 Å². The minimum absolute atomic E-state index is 0.0196. The summed E-state index contributed by atoms with van der Waals surface area (Å²) in [7, 11) is 3.32. The van der Waals surface area contributed by atoms with Crippen molar-refractivity contribution in [2.45, 2.75) is 50.2 Å². The maximum absolute atomic E-state index is 12.6. The van der Waals surface area contributed by atoms with Crippen molar-refractivity contribution >= 4 is 34.6 Å². The molecule has 4 fully saturated rings. The molecule has 2 aromatic carbocycles. The predicted molar refractivity (Wildman–Crippen MR) is 187 cm³/mol. The van der Waals surface area contributed by atoms with Crippen molar-refractivity contribution in [3.63, 3.8) is 0 Å². The summed E-state index contributed by atoms with van der Waals surface area (Å²) in [6, 6.07) is 15.2. The van der Waals surface area contributed by atoms with E-state index in [-0.39, 0.29) is 11.9 Å². The van der Waals surface area contributed by atoms with Crippen molar-refractivity contribution in [3.8, 4) is 11.5 Å². The lowest BCUT2D eigenvalue weighted by Gasteiger charge is -2.43. The van der Waals surface area contributed by atoms with E-state index in [4.69, 9.17) is 14.3 Å². The van der Waals surface area contributed by atoms with Crippen LogP contribution in [0.25, 0.3) is 0 Å². The van der Waals surface area contributed by atoms with Crippen LogP contribution in [0.5, 0.6) is 11.5 Å². The van der Waals surface area contributed by atoms with Crippen LogP contribution in [0.15, 0.2) is 61.4 Å². The second-order valence-corrected chi connectivity index (χ2v) is 12.9. The van der Waals surface area contributed by atoms with Gasteiger partial charge in [0.2, 0.25) is 5.91 Å². The molecule has 48 heavy (non-hydrogen) atoms. The highest BCUT2D eigenvalue weighted by molar-refractivity contribution is 6.02. The molecule has 0 spiro atoms. The summed E-state index contributed by atoms with van der Waals surface area (Å²) in [5, 5.41) is 8.27. The van der Waals surface area contributed by atoms with Gasteiger partial charge in [0, 0.05) is 69.9 Å². The van der Waals surface area contributed by atoms with Gasteiger partial charge < -0.3 is 25.0 Å². The first-order chi connectivity index (χ1) is 23.5. The van der Waals surface area contributed by atoms with E-state index in [1.165, 1.54) is 38.3 Å². The first-order valence-electron chi connectivity index (χ1n) is 17.1. The molecule has 3 aliphatic heterocycles. The number of methoxy groups -OCH3 is 2. The molecule has 4 aliphatic rings. The molecule has 254 valence electrons. The van der Waals surface area contributed by atoms with Crippen LogP contribution in [-0.2, 0) is 9.63 Å². The lowest BCUT2D eigenvalue weighted by atomic mass is 10.0. The fourth-order valence-electron chi connectivity index (χ4n) is 7.28. The molecule has 3 saturated heterocycles. The third kappa shape index (κ3) is 7.06. The van der Waals surface area contributed by atoms with Gasteiger partial charge in [0.25, 0.3) is 0 Å². The molecule has 0 radical (unpaired) electrons. The molecule has 1 aliphatic carbocycles. The normalized spacial score (nSPS) is 20.8. The van der Waals surface area contributed by atoms with Crippen LogP contribution < -0.4 is 30.1 Å². The van der Waals surface area contributed by atoms with Gasteiger partial charge in [0.1, 0.15) is 23.6 Å². The Kier molecular flexibility index (Phi) is 9.64. The van der Waals surface area contributed by atoms with Gasteiger partial charge in [-0.1, -0.05) is 18.7 Å². The molecule has 0 unspecified atom stereocenters. The first-order valence-corrected chi connectivity index (χ1v) is 17.1. The Hall–Kier alpha value is -4.39. The van der Waals surface area contributed by atoms with E-state index in [2.05, 4.69) is 47.9 Å². The predicted octanol–water partition coefficient (Wildman–Crippen LogP) is 4.99. The monoisotopic (exact) mass is 654 g/mol. The van der Waals surface area contributed by atoms with Crippen LogP contribution in [-0.4, -0.2) is 97.9 Å². The molecule has 1 amide bonds. The van der Waals surface area contributed by atoms with Gasteiger partial charge in [-0.05, 0) is 55.5 Å². The van der Waals surface area contributed by atoms with Crippen molar-refractivity contribution in [3.05, 3.63) is 67.0 Å². The summed E-state index contributed by atoms with van der Waals surface area (Å²) in [6.07, 6.45) is 8.54. The van der Waals surface area contributed by atoms with Crippen molar-refractivity contribution in [2.75, 3.05) is 80.7 Å². The largest absolute Gasteiger partial charge is 0.497 e. The van der Waals surface area contributed by atoms with E-state index in [9.17, 15) is 4.79 Å². The molecule has 7 rings (SSSR count). The van der Waals surface area contributed by atoms with Gasteiger partial charge in [-0.15, -0.1) is 0 Å². The maximum Gasteiger partial charge on any atom is 0.247 e. The molecule has 4 heterocycles. The summed E-state index contributed by atoms with van der Waals surface area (Å²) >= 11 is 0. The second-order valence-electron chi connectivity index (χ2n) is 12.9. The van der Waals surface area contributed by atoms with Crippen LogP contribution >= 0.6 is 0 Å². The molecule has 3 aromatic rings. The first kappa shape index (κ1) is 32.2. The van der Waals surface area contributed by atoms with E-state index in [0.717, 1.165) is 68.5 Å². The number of aromatic nitrogens is 2. The van der Waals surface area contributed by atoms with Crippen LogP contribution in [0, 0.1) is 0 Å². The molecule has 2 N–H and O–H groups in total. The van der Waals surface area contributed by atoms with Crippen molar-refractivity contribution in [1.29, 1.82) is 0 Å². The summed E-state index contributed by atoms with van der Waals surface area (Å²) < 4.78 is 11.3. The number of benzene rings is 2. The zero-order chi connectivity index (χ0) is 33.0. The van der Waals surface area contributed by atoms with Crippen LogP contribution in [0.4, 0.5) is 28.7 Å². The second kappa shape index (κ2) is 14.4. The zero-order valence-electron chi connectivity index (χ0n) is 27.9. The van der Waals surface area contributed by atoms with E-state index >= 15 is 0 Å². The van der Waals surface area contributed by atoms with Gasteiger partial charge >= 0.3 is 0 Å². The van der Waals surface area contributed by atoms with Gasteiger partial charge in [-0.2, -0.15) is 0 Å². The van der Waals surface area contributed by atoms with Gasteiger partial charge in [0.15, 0.2) is 5.82 Å². The number of hydrogen-bond donors (Lipinski definition) is 2. The molecule has 1 aromatic heterocycles. The molecule has 1 atom stereocenters. The Bertz CT molecular complexity index is 1600. The minimum atomic E-state index is -0.269. The van der Waals surface area contributed by atoms with E-state index in [1.54, 1.807) is 14.2 Å². The number of rotatable bonds is 11. The highest BCUT2D eigenvalue weighted by Gasteiger charge is 2.34. The molecule has 12 nitrogen and oxygen atoms in total. The average molecular weight is 655 g/mol. The number of nitrogens with zero attached hydrogens (tertiary/aromatic N) is 6. The average Bonchev–Trinajstić information content (AvgIpc) is 3.87. The molecule has 12 heteroatoms. The quantitative estimate of drug-likeness (QED) is 0.273. The zero-order valence-corrected chi connectivity index (χ0v) is 27.9. The summed E-state index contributed by atoms with van der Waals surface area (Å²) in [4.78, 5) is 35.4. The van der Waals surface area contributed by atoms with Crippen LogP contribution in [0.2, 0.25) is 0 Å². The summed E-state index contributed by atoms with van der Waals surface area (Å²) in [6.45, 7) is 10.8. The smallest absolute Gasteiger partial charge is 0.247 e. The number of carbonyl (C=O) groups is 1. The Balaban J connectivity index is 1.08. The van der Waals surface area contributed by atoms with Gasteiger partial charge in [-0.3, -0.25) is 19.4 Å². The Labute approximate surface area is 282 Å². The molecule has 1 saturated carbocycles. The van der Waals surface area contributed by atoms with Crippen molar-refractivity contribution in [1.82, 2.24) is 19.8 Å². The lowest BCUT2D eigenvalue weighted by molar-refractivity contribution is -0.111. The van der Waals surface area contributed by atoms with Crippen LogP contribution in [0.3, 0.4) is 0 Å². The standard InChI is InChI=1S/C36H46N8O4/c1-4-36(45)40-29-21-30(39-34-23-35(38-24-37-34)44-31(12-19-48-44)25-6-5-7-28(20-25)46-2)33(47-3)22-32(29)43-13-10-27(11-14-43)42-17-15-41(16-18-42)26-8-9-26/h4-7,20-24,26-27,31H,1,8-19H2,2-3H3,(H,40,45)(H,37,38,39)/t31-/m1/s1. The Morgan fingerprint density at radius 2 is 1.65 bits per heavy atom. The van der Waals surface area contributed by atoms with E-state index in [0.29, 0.717) is 41.4 Å². The number of hydrogen-bond acceptors (Lipinski definition) is 11. The Morgan fingerprint density at radius 3 is 2.33 bits per heavy atom. The number of hydroxylamine groups is 1.